The second-order valence-corrected chi connectivity index (χ2v) is 6.16. The Kier molecular flexibility index (Phi) is 5.75. The summed E-state index contributed by atoms with van der Waals surface area (Å²) in [5.74, 6) is 0.833. The molecule has 0 amide bonds. The molecule has 23 heavy (non-hydrogen) atoms. The Labute approximate surface area is 139 Å². The number of hydrogen-bond acceptors (Lipinski definition) is 5. The smallest absolute Gasteiger partial charge is 0.291 e. The topological polar surface area (TPSA) is 87.1 Å². The summed E-state index contributed by atoms with van der Waals surface area (Å²) in [5.41, 5.74) is 3.61. The predicted molar refractivity (Wildman–Crippen MR) is 92.7 cm³/mol. The maximum atomic E-state index is 6.92. The molecule has 3 aromatic heterocycles. The largest absolute Gasteiger partial charge is 0.306 e. The molecule has 2 N–H and O–H groups in total. The maximum absolute atomic E-state index is 6.92. The molecule has 0 atom stereocenters. The van der Waals surface area contributed by atoms with Crippen LogP contribution in [-0.4, -0.2) is 29.8 Å². The minimum Gasteiger partial charge on any atom is -0.306 e. The van der Waals surface area contributed by atoms with E-state index < -0.39 is 0 Å². The fourth-order valence-corrected chi connectivity index (χ4v) is 2.22. The van der Waals surface area contributed by atoms with Crippen LogP contribution in [-0.2, 0) is 6.67 Å². The van der Waals surface area contributed by atoms with Crippen molar-refractivity contribution in [3.8, 4) is 0 Å². The van der Waals surface area contributed by atoms with Crippen LogP contribution in [0.3, 0.4) is 0 Å². The van der Waals surface area contributed by atoms with Crippen LogP contribution in [0.1, 0.15) is 39.1 Å². The van der Waals surface area contributed by atoms with Crippen LogP contribution in [0.5, 0.6) is 0 Å². The maximum Gasteiger partial charge on any atom is 0.291 e. The second kappa shape index (κ2) is 7.77. The van der Waals surface area contributed by atoms with E-state index in [0.29, 0.717) is 5.69 Å². The van der Waals surface area contributed by atoms with Crippen molar-refractivity contribution >= 4 is 35.2 Å². The molecule has 0 aliphatic carbocycles. The highest BCUT2D eigenvalue weighted by Gasteiger charge is 2.29. The first-order valence-corrected chi connectivity index (χ1v) is 8.19. The first-order valence-electron chi connectivity index (χ1n) is 7.46. The number of nitrogens with one attached hydrogen (secondary N) is 2. The van der Waals surface area contributed by atoms with E-state index in [1.165, 1.54) is 6.21 Å². The number of H-pyrrole nitrogens is 1. The molecule has 8 heteroatoms. The van der Waals surface area contributed by atoms with Gasteiger partial charge in [0.2, 0.25) is 12.2 Å². The summed E-state index contributed by atoms with van der Waals surface area (Å²) >= 11 is 1.13. The van der Waals surface area contributed by atoms with Crippen LogP contribution in [0.4, 0.5) is 0 Å². The van der Waals surface area contributed by atoms with E-state index in [4.69, 9.17) is 5.41 Å². The van der Waals surface area contributed by atoms with Crippen molar-refractivity contribution in [2.75, 3.05) is 0 Å². The van der Waals surface area contributed by atoms with E-state index in [9.17, 15) is 0 Å². The third-order valence-corrected chi connectivity index (χ3v) is 3.20. The lowest BCUT2D eigenvalue weighted by atomic mass is 10.3. The lowest BCUT2D eigenvalue weighted by Crippen LogP contribution is -2.10. The van der Waals surface area contributed by atoms with E-state index in [2.05, 4.69) is 44.3 Å². The normalized spacial score (nSPS) is 11.7. The molecule has 1 aliphatic heterocycles. The van der Waals surface area contributed by atoms with Gasteiger partial charge in [0.1, 0.15) is 11.4 Å². The zero-order chi connectivity index (χ0) is 16.8. The molecule has 4 heterocycles. The summed E-state index contributed by atoms with van der Waals surface area (Å²) in [6.07, 6.45) is 6.83. The fourth-order valence-electron chi connectivity index (χ4n) is 1.70. The molecular weight excluding hydrogens is 310 g/mol. The molecule has 0 saturated carbocycles. The molecule has 0 unspecified atom stereocenters. The quantitative estimate of drug-likeness (QED) is 0.437. The summed E-state index contributed by atoms with van der Waals surface area (Å²) in [6, 6.07) is 1.97. The van der Waals surface area contributed by atoms with Crippen molar-refractivity contribution in [1.82, 2.24) is 23.6 Å². The number of rotatable bonds is 2. The first kappa shape index (κ1) is 17.0. The Bertz CT molecular complexity index is 791. The molecule has 0 bridgehead atoms. The van der Waals surface area contributed by atoms with Crippen molar-refractivity contribution in [3.05, 3.63) is 29.7 Å². The Morgan fingerprint density at radius 3 is 2.65 bits per heavy atom. The van der Waals surface area contributed by atoms with Crippen LogP contribution in [0.15, 0.2) is 18.3 Å². The van der Waals surface area contributed by atoms with E-state index >= 15 is 0 Å². The summed E-state index contributed by atoms with van der Waals surface area (Å²) in [5, 5.41) is 11.1. The molecule has 0 radical (unpaired) electrons. The zero-order valence-corrected chi connectivity index (χ0v) is 14.6. The Morgan fingerprint density at radius 1 is 1.35 bits per heavy atom. The van der Waals surface area contributed by atoms with Gasteiger partial charge >= 0.3 is 0 Å². The number of nitrogens with zero attached hydrogens (tertiary/aromatic N) is 5. The van der Waals surface area contributed by atoms with Crippen molar-refractivity contribution in [3.63, 3.8) is 0 Å². The Morgan fingerprint density at radius 2 is 2.04 bits per heavy atom. The third-order valence-electron chi connectivity index (χ3n) is 2.64. The minimum atomic E-state index is 0.642. The van der Waals surface area contributed by atoms with Gasteiger partial charge in [0, 0.05) is 12.3 Å². The minimum absolute atomic E-state index is 0.642. The van der Waals surface area contributed by atoms with Crippen molar-refractivity contribution in [2.45, 2.75) is 34.4 Å². The monoisotopic (exact) mass is 332 g/mol. The summed E-state index contributed by atoms with van der Waals surface area (Å²) in [4.78, 5) is 5.02. The number of aromatic nitrogens is 6. The van der Waals surface area contributed by atoms with Gasteiger partial charge in [-0.1, -0.05) is 31.6 Å². The van der Waals surface area contributed by atoms with Gasteiger partial charge in [0.15, 0.2) is 0 Å². The van der Waals surface area contributed by atoms with Crippen LogP contribution in [0.25, 0.3) is 17.2 Å². The van der Waals surface area contributed by atoms with E-state index in [0.717, 1.165) is 41.2 Å². The van der Waals surface area contributed by atoms with Crippen LogP contribution in [0.2, 0.25) is 0 Å². The molecule has 1 aliphatic rings. The van der Waals surface area contributed by atoms with Crippen molar-refractivity contribution in [2.24, 2.45) is 5.92 Å². The van der Waals surface area contributed by atoms with E-state index in [1.54, 1.807) is 0 Å². The van der Waals surface area contributed by atoms with Crippen molar-refractivity contribution < 1.29 is 4.68 Å². The van der Waals surface area contributed by atoms with Gasteiger partial charge in [-0.05, 0) is 24.0 Å². The highest BCUT2D eigenvalue weighted by atomic mass is 32.1. The van der Waals surface area contributed by atoms with Gasteiger partial charge in [-0.3, -0.25) is 4.98 Å². The Balaban J connectivity index is 0.000000137. The molecule has 0 fully saturated rings. The summed E-state index contributed by atoms with van der Waals surface area (Å²) in [6.45, 7) is 9.36. The highest BCUT2D eigenvalue weighted by Crippen LogP contribution is 2.07. The number of fused-ring (bicyclic) bond motifs is 3. The van der Waals surface area contributed by atoms with Gasteiger partial charge in [0.25, 0.3) is 5.65 Å². The van der Waals surface area contributed by atoms with E-state index in [1.807, 2.05) is 36.1 Å². The molecule has 3 aromatic rings. The fraction of sp³-hybridized carbons (Fsp3) is 0.400. The van der Waals surface area contributed by atoms with Gasteiger partial charge in [-0.2, -0.15) is 8.75 Å². The van der Waals surface area contributed by atoms with Gasteiger partial charge in [-0.25, -0.2) is 0 Å². The molecule has 0 aromatic carbocycles. The SMILES string of the molecule is C/C=C\c1nsnc1C=N.CC(C)C.c1cc2nn3[n+](c2[nH]1)C3. The predicted octanol–water partition coefficient (Wildman–Crippen LogP) is 2.70. The number of hydrogen-bond donors (Lipinski definition) is 2. The molecule has 4 rings (SSSR count). The molecule has 0 spiro atoms. The standard InChI is InChI=1S/C6H7N3S.C5H4N4.C4H10/c1-2-3-5-6(4-7)9-10-8-5;1-2-6-5-4(1)7-9-3-8(5)9;1-4(2)3/h2-4,7H,1H3;1-2H,3H2;4H,1-3H3/p+1/b3-2-,7-4?;;. The molecule has 122 valence electrons. The highest BCUT2D eigenvalue weighted by molar-refractivity contribution is 6.99. The summed E-state index contributed by atoms with van der Waals surface area (Å²) in [7, 11) is 0. The molecule has 0 saturated heterocycles. The lowest BCUT2D eigenvalue weighted by Gasteiger charge is -1.81. The van der Waals surface area contributed by atoms with Crippen LogP contribution in [0, 0.1) is 11.3 Å². The van der Waals surface area contributed by atoms with Gasteiger partial charge in [-0.15, -0.1) is 4.68 Å². The summed E-state index contributed by atoms with van der Waals surface area (Å²) < 4.78 is 9.94. The first-order chi connectivity index (χ1) is 11.1. The van der Waals surface area contributed by atoms with Crippen LogP contribution < -0.4 is 4.68 Å². The van der Waals surface area contributed by atoms with E-state index in [-0.39, 0.29) is 0 Å². The van der Waals surface area contributed by atoms with Gasteiger partial charge in [0.05, 0.1) is 17.9 Å². The second-order valence-electron chi connectivity index (χ2n) is 5.64. The number of aromatic amines is 1. The number of allylic oxidation sites excluding steroid dienone is 1. The third kappa shape index (κ3) is 4.56. The molecule has 7 nitrogen and oxygen atoms in total. The average Bonchev–Trinajstić information content (AvgIpc) is 2.88. The van der Waals surface area contributed by atoms with Crippen LogP contribution >= 0.6 is 11.7 Å². The molecular formula is C15H22N7S+. The van der Waals surface area contributed by atoms with Crippen molar-refractivity contribution in [1.29, 1.82) is 5.41 Å². The lowest BCUT2D eigenvalue weighted by molar-refractivity contribution is -0.579. The zero-order valence-electron chi connectivity index (χ0n) is 13.8. The average molecular weight is 332 g/mol. The Hall–Kier alpha value is -2.35. The van der Waals surface area contributed by atoms with Gasteiger partial charge < -0.3 is 5.41 Å².